The number of esters is 1. The number of hydrogen-bond donors (Lipinski definition) is 1. The largest absolute Gasteiger partial charge is 0.460 e. The monoisotopic (exact) mass is 251 g/mol. The van der Waals surface area contributed by atoms with Gasteiger partial charge in [-0.25, -0.2) is 0 Å². The molecule has 0 saturated heterocycles. The summed E-state index contributed by atoms with van der Waals surface area (Å²) < 4.78 is 5.21. The predicted molar refractivity (Wildman–Crippen MR) is 70.7 cm³/mol. The summed E-state index contributed by atoms with van der Waals surface area (Å²) in [5.41, 5.74) is 1.81. The third-order valence-electron chi connectivity index (χ3n) is 2.49. The molecule has 0 unspecified atom stereocenters. The quantitative estimate of drug-likeness (QED) is 0.838. The van der Waals surface area contributed by atoms with Gasteiger partial charge in [-0.3, -0.25) is 9.59 Å². The van der Waals surface area contributed by atoms with Crippen molar-refractivity contribution >= 4 is 5.97 Å². The molecule has 1 heterocycles. The van der Waals surface area contributed by atoms with Crippen molar-refractivity contribution in [3.8, 4) is 0 Å². The Kier molecular flexibility index (Phi) is 4.33. The number of aryl methyl sites for hydroxylation is 2. The maximum absolute atomic E-state index is 11.8. The lowest BCUT2D eigenvalue weighted by molar-refractivity contribution is -0.154. The van der Waals surface area contributed by atoms with Gasteiger partial charge in [-0.1, -0.05) is 0 Å². The number of H-pyrrole nitrogens is 1. The van der Waals surface area contributed by atoms with E-state index in [1.165, 1.54) is 0 Å². The van der Waals surface area contributed by atoms with E-state index in [1.807, 2.05) is 40.7 Å². The van der Waals surface area contributed by atoms with Gasteiger partial charge in [0.15, 0.2) is 0 Å². The summed E-state index contributed by atoms with van der Waals surface area (Å²) in [4.78, 5) is 26.1. The summed E-state index contributed by atoms with van der Waals surface area (Å²) >= 11 is 0. The second-order valence-corrected chi connectivity index (χ2v) is 5.53. The van der Waals surface area contributed by atoms with Crippen LogP contribution in [0.2, 0.25) is 0 Å². The van der Waals surface area contributed by atoms with Crippen LogP contribution in [0.5, 0.6) is 0 Å². The van der Waals surface area contributed by atoms with Gasteiger partial charge in [0.1, 0.15) is 5.60 Å². The SMILES string of the molecule is Cc1cc(C)c(CCC(=O)OC(C)(C)C)c(=O)[nH]1. The Labute approximate surface area is 107 Å². The molecule has 0 fully saturated rings. The lowest BCUT2D eigenvalue weighted by Gasteiger charge is -2.19. The lowest BCUT2D eigenvalue weighted by atomic mass is 10.1. The molecule has 0 aliphatic heterocycles. The molecule has 4 heteroatoms. The highest BCUT2D eigenvalue weighted by Gasteiger charge is 2.17. The van der Waals surface area contributed by atoms with Crippen molar-refractivity contribution in [1.29, 1.82) is 0 Å². The predicted octanol–water partition coefficient (Wildman–Crippen LogP) is 2.27. The zero-order valence-corrected chi connectivity index (χ0v) is 11.7. The van der Waals surface area contributed by atoms with Crippen molar-refractivity contribution < 1.29 is 9.53 Å². The van der Waals surface area contributed by atoms with Gasteiger partial charge in [0.25, 0.3) is 5.56 Å². The Morgan fingerprint density at radius 1 is 1.33 bits per heavy atom. The summed E-state index contributed by atoms with van der Waals surface area (Å²) in [7, 11) is 0. The molecular weight excluding hydrogens is 230 g/mol. The molecule has 0 aliphatic carbocycles. The minimum atomic E-state index is -0.480. The molecule has 0 aliphatic rings. The molecule has 1 aromatic heterocycles. The van der Waals surface area contributed by atoms with Crippen LogP contribution in [0.1, 0.15) is 44.0 Å². The van der Waals surface area contributed by atoms with E-state index in [0.29, 0.717) is 12.0 Å². The maximum Gasteiger partial charge on any atom is 0.306 e. The number of nitrogens with one attached hydrogen (secondary N) is 1. The van der Waals surface area contributed by atoms with Crippen LogP contribution in [0.4, 0.5) is 0 Å². The minimum Gasteiger partial charge on any atom is -0.460 e. The molecule has 0 radical (unpaired) electrons. The first kappa shape index (κ1) is 14.5. The van der Waals surface area contributed by atoms with Gasteiger partial charge in [-0.15, -0.1) is 0 Å². The number of ether oxygens (including phenoxy) is 1. The third kappa shape index (κ3) is 4.35. The molecule has 0 atom stereocenters. The van der Waals surface area contributed by atoms with E-state index in [1.54, 1.807) is 0 Å². The molecule has 1 aromatic rings. The first-order valence-electron chi connectivity index (χ1n) is 6.10. The molecule has 0 bridgehead atoms. The van der Waals surface area contributed by atoms with E-state index in [2.05, 4.69) is 4.98 Å². The molecule has 0 amide bonds. The summed E-state index contributed by atoms with van der Waals surface area (Å²) in [5, 5.41) is 0. The summed E-state index contributed by atoms with van der Waals surface area (Å²) in [6.07, 6.45) is 0.639. The van der Waals surface area contributed by atoms with Crippen molar-refractivity contribution in [1.82, 2.24) is 4.98 Å². The van der Waals surface area contributed by atoms with Gasteiger partial charge in [0.05, 0.1) is 0 Å². The van der Waals surface area contributed by atoms with Gasteiger partial charge < -0.3 is 9.72 Å². The van der Waals surface area contributed by atoms with Crippen LogP contribution >= 0.6 is 0 Å². The first-order valence-corrected chi connectivity index (χ1v) is 6.10. The number of rotatable bonds is 3. The lowest BCUT2D eigenvalue weighted by Crippen LogP contribution is -2.25. The highest BCUT2D eigenvalue weighted by molar-refractivity contribution is 5.70. The Balaban J connectivity index is 2.70. The standard InChI is InChI=1S/C14H21NO3/c1-9-8-10(2)15-13(17)11(9)6-7-12(16)18-14(3,4)5/h8H,6-7H2,1-5H3,(H,15,17). The van der Waals surface area contributed by atoms with Crippen molar-refractivity contribution in [2.75, 3.05) is 0 Å². The first-order chi connectivity index (χ1) is 8.19. The fraction of sp³-hybridized carbons (Fsp3) is 0.571. The average molecular weight is 251 g/mol. The van der Waals surface area contributed by atoms with Gasteiger partial charge >= 0.3 is 5.97 Å². The van der Waals surface area contributed by atoms with Gasteiger partial charge in [-0.2, -0.15) is 0 Å². The van der Waals surface area contributed by atoms with Gasteiger partial charge in [0.2, 0.25) is 0 Å². The Morgan fingerprint density at radius 2 is 1.94 bits per heavy atom. The topological polar surface area (TPSA) is 59.2 Å². The second-order valence-electron chi connectivity index (χ2n) is 5.53. The summed E-state index contributed by atoms with van der Waals surface area (Å²) in [6, 6.07) is 1.91. The van der Waals surface area contributed by atoms with Crippen LogP contribution < -0.4 is 5.56 Å². The normalized spacial score (nSPS) is 11.4. The Hall–Kier alpha value is -1.58. The second kappa shape index (κ2) is 5.38. The van der Waals surface area contributed by atoms with E-state index in [4.69, 9.17) is 4.74 Å². The smallest absolute Gasteiger partial charge is 0.306 e. The van der Waals surface area contributed by atoms with Crippen LogP contribution in [-0.4, -0.2) is 16.6 Å². The molecule has 1 rings (SSSR count). The number of carbonyl (C=O) groups is 1. The summed E-state index contributed by atoms with van der Waals surface area (Å²) in [6.45, 7) is 9.21. The van der Waals surface area contributed by atoms with Gasteiger partial charge in [0, 0.05) is 17.7 Å². The van der Waals surface area contributed by atoms with Crippen LogP contribution in [0.15, 0.2) is 10.9 Å². The molecule has 4 nitrogen and oxygen atoms in total. The number of aromatic nitrogens is 1. The fourth-order valence-electron chi connectivity index (χ4n) is 1.81. The van der Waals surface area contributed by atoms with E-state index in [0.717, 1.165) is 11.3 Å². The highest BCUT2D eigenvalue weighted by Crippen LogP contribution is 2.11. The Bertz CT molecular complexity index is 495. The van der Waals surface area contributed by atoms with Crippen LogP contribution in [0.3, 0.4) is 0 Å². The van der Waals surface area contributed by atoms with E-state index < -0.39 is 5.60 Å². The van der Waals surface area contributed by atoms with Crippen LogP contribution in [0, 0.1) is 13.8 Å². The number of pyridine rings is 1. The molecule has 0 aromatic carbocycles. The Morgan fingerprint density at radius 3 is 2.44 bits per heavy atom. The van der Waals surface area contributed by atoms with Crippen molar-refractivity contribution in [3.63, 3.8) is 0 Å². The van der Waals surface area contributed by atoms with E-state index in [9.17, 15) is 9.59 Å². The average Bonchev–Trinajstić information content (AvgIpc) is 2.12. The minimum absolute atomic E-state index is 0.115. The highest BCUT2D eigenvalue weighted by atomic mass is 16.6. The maximum atomic E-state index is 11.8. The number of carbonyl (C=O) groups excluding carboxylic acids is 1. The number of hydrogen-bond acceptors (Lipinski definition) is 3. The molecule has 100 valence electrons. The van der Waals surface area contributed by atoms with Crippen molar-refractivity contribution in [3.05, 3.63) is 33.2 Å². The third-order valence-corrected chi connectivity index (χ3v) is 2.49. The van der Waals surface area contributed by atoms with E-state index >= 15 is 0 Å². The molecule has 0 spiro atoms. The van der Waals surface area contributed by atoms with E-state index in [-0.39, 0.29) is 17.9 Å². The van der Waals surface area contributed by atoms with Gasteiger partial charge in [-0.05, 0) is 52.7 Å². The summed E-state index contributed by atoms with van der Waals surface area (Å²) in [5.74, 6) is -0.276. The number of aromatic amines is 1. The fourth-order valence-corrected chi connectivity index (χ4v) is 1.81. The molecular formula is C14H21NO3. The van der Waals surface area contributed by atoms with Crippen molar-refractivity contribution in [2.24, 2.45) is 0 Å². The van der Waals surface area contributed by atoms with Crippen LogP contribution in [0.25, 0.3) is 0 Å². The molecule has 0 saturated carbocycles. The zero-order valence-electron chi connectivity index (χ0n) is 11.7. The van der Waals surface area contributed by atoms with Crippen LogP contribution in [-0.2, 0) is 16.0 Å². The zero-order chi connectivity index (χ0) is 13.9. The van der Waals surface area contributed by atoms with Crippen molar-refractivity contribution in [2.45, 2.75) is 53.1 Å². The molecule has 1 N–H and O–H groups in total. The molecule has 18 heavy (non-hydrogen) atoms.